The molecule has 0 saturated carbocycles. The van der Waals surface area contributed by atoms with Crippen molar-refractivity contribution in [1.29, 1.82) is 0 Å². The molecule has 8 heteroatoms. The van der Waals surface area contributed by atoms with Crippen molar-refractivity contribution in [3.63, 3.8) is 0 Å². The van der Waals surface area contributed by atoms with E-state index in [9.17, 15) is 8.42 Å². The van der Waals surface area contributed by atoms with E-state index in [0.29, 0.717) is 10.7 Å². The van der Waals surface area contributed by atoms with Crippen LogP contribution in [0.25, 0.3) is 0 Å². The van der Waals surface area contributed by atoms with Gasteiger partial charge in [-0.15, -0.1) is 0 Å². The average Bonchev–Trinajstić information content (AvgIpc) is 3.30. The smallest absolute Gasteiger partial charge is 0.298 e. The monoisotopic (exact) mass is 400 g/mol. The molecule has 0 amide bonds. The predicted molar refractivity (Wildman–Crippen MR) is 104 cm³/mol. The van der Waals surface area contributed by atoms with Crippen LogP contribution in [-0.4, -0.2) is 34.6 Å². The minimum atomic E-state index is -3.83. The SMILES string of the molecule is Cn1cnc(S(=O)(=O)N2CC(c3cccc(Cl)c3)C(c3ccccc3)=N2)c1. The Hall–Kier alpha value is -2.64. The molecule has 2 heterocycles. The summed E-state index contributed by atoms with van der Waals surface area (Å²) in [6, 6.07) is 17.0. The van der Waals surface area contributed by atoms with E-state index in [4.69, 9.17) is 11.6 Å². The van der Waals surface area contributed by atoms with Gasteiger partial charge in [0.25, 0.3) is 10.0 Å². The van der Waals surface area contributed by atoms with E-state index >= 15 is 0 Å². The molecule has 3 aromatic rings. The number of aryl methyl sites for hydroxylation is 1. The Bertz CT molecular complexity index is 1110. The van der Waals surface area contributed by atoms with E-state index < -0.39 is 10.0 Å². The fourth-order valence-electron chi connectivity index (χ4n) is 3.11. The second-order valence-corrected chi connectivity index (χ2v) is 8.57. The van der Waals surface area contributed by atoms with Crippen LogP contribution in [0.15, 0.2) is 77.2 Å². The lowest BCUT2D eigenvalue weighted by molar-refractivity contribution is 0.449. The molecule has 0 aliphatic carbocycles. The van der Waals surface area contributed by atoms with Gasteiger partial charge in [-0.25, -0.2) is 4.98 Å². The summed E-state index contributed by atoms with van der Waals surface area (Å²) in [7, 11) is -2.10. The first-order chi connectivity index (χ1) is 12.9. The Balaban J connectivity index is 1.79. The summed E-state index contributed by atoms with van der Waals surface area (Å²) in [6.07, 6.45) is 2.93. The molecule has 0 spiro atoms. The summed E-state index contributed by atoms with van der Waals surface area (Å²) in [5.41, 5.74) is 2.49. The van der Waals surface area contributed by atoms with Crippen LogP contribution in [0, 0.1) is 0 Å². The molecule has 1 aliphatic rings. The lowest BCUT2D eigenvalue weighted by Gasteiger charge is -2.16. The van der Waals surface area contributed by atoms with Crippen molar-refractivity contribution in [2.24, 2.45) is 12.1 Å². The van der Waals surface area contributed by atoms with Gasteiger partial charge in [0.05, 0.1) is 18.6 Å². The second kappa shape index (κ2) is 6.83. The van der Waals surface area contributed by atoms with Crippen molar-refractivity contribution < 1.29 is 8.42 Å². The zero-order chi connectivity index (χ0) is 19.0. The number of halogens is 1. The summed E-state index contributed by atoms with van der Waals surface area (Å²) >= 11 is 6.16. The highest BCUT2D eigenvalue weighted by atomic mass is 35.5. The highest BCUT2D eigenvalue weighted by Gasteiger charge is 2.37. The summed E-state index contributed by atoms with van der Waals surface area (Å²) < 4.78 is 28.7. The van der Waals surface area contributed by atoms with E-state index in [1.54, 1.807) is 17.7 Å². The van der Waals surface area contributed by atoms with Crippen molar-refractivity contribution >= 4 is 27.3 Å². The minimum absolute atomic E-state index is 0.0205. The first kappa shape index (κ1) is 17.8. The molecule has 2 aromatic carbocycles. The Morgan fingerprint density at radius 2 is 1.89 bits per heavy atom. The maximum absolute atomic E-state index is 13.0. The fraction of sp³-hybridized carbons (Fsp3) is 0.158. The third kappa shape index (κ3) is 3.36. The molecule has 1 atom stereocenters. The molecule has 4 rings (SSSR count). The maximum Gasteiger partial charge on any atom is 0.298 e. The molecule has 27 heavy (non-hydrogen) atoms. The van der Waals surface area contributed by atoms with E-state index in [-0.39, 0.29) is 17.5 Å². The molecule has 1 aliphatic heterocycles. The van der Waals surface area contributed by atoms with E-state index in [2.05, 4.69) is 10.1 Å². The number of hydrazone groups is 1. The van der Waals surface area contributed by atoms with Crippen molar-refractivity contribution in [2.45, 2.75) is 10.9 Å². The van der Waals surface area contributed by atoms with E-state index in [0.717, 1.165) is 15.5 Å². The number of hydrogen-bond donors (Lipinski definition) is 0. The summed E-state index contributed by atoms with van der Waals surface area (Å²) in [4.78, 5) is 3.98. The van der Waals surface area contributed by atoms with Crippen molar-refractivity contribution in [2.75, 3.05) is 6.54 Å². The van der Waals surface area contributed by atoms with Crippen LogP contribution in [0.5, 0.6) is 0 Å². The van der Waals surface area contributed by atoms with Gasteiger partial charge in [-0.2, -0.15) is 17.9 Å². The zero-order valence-electron chi connectivity index (χ0n) is 14.5. The van der Waals surface area contributed by atoms with Crippen LogP contribution >= 0.6 is 11.6 Å². The summed E-state index contributed by atoms with van der Waals surface area (Å²) in [5, 5.41) is 5.06. The molecule has 138 valence electrons. The lowest BCUT2D eigenvalue weighted by atomic mass is 9.91. The number of aromatic nitrogens is 2. The van der Waals surface area contributed by atoms with Crippen molar-refractivity contribution in [3.05, 3.63) is 83.3 Å². The van der Waals surface area contributed by atoms with Crippen molar-refractivity contribution in [1.82, 2.24) is 14.0 Å². The van der Waals surface area contributed by atoms with Gasteiger partial charge in [0.2, 0.25) is 0 Å². The Morgan fingerprint density at radius 3 is 2.56 bits per heavy atom. The standard InChI is InChI=1S/C19H17ClN4O2S/c1-23-12-18(21-13-23)27(25,26)24-11-17(15-8-5-9-16(20)10-15)19(22-24)14-6-3-2-4-7-14/h2-10,12-13,17H,11H2,1H3. The third-order valence-corrected chi connectivity index (χ3v) is 6.19. The van der Waals surface area contributed by atoms with E-state index in [1.807, 2.05) is 48.5 Å². The van der Waals surface area contributed by atoms with Crippen LogP contribution < -0.4 is 0 Å². The molecule has 0 fully saturated rings. The Labute approximate surface area is 162 Å². The van der Waals surface area contributed by atoms with Gasteiger partial charge >= 0.3 is 0 Å². The average molecular weight is 401 g/mol. The molecule has 1 unspecified atom stereocenters. The predicted octanol–water partition coefficient (Wildman–Crippen LogP) is 3.27. The first-order valence-electron chi connectivity index (χ1n) is 8.35. The Morgan fingerprint density at radius 1 is 1.11 bits per heavy atom. The Kier molecular flexibility index (Phi) is 4.49. The number of imidazole rings is 1. The zero-order valence-corrected chi connectivity index (χ0v) is 16.1. The molecular formula is C19H17ClN4O2S. The first-order valence-corrected chi connectivity index (χ1v) is 10.2. The number of sulfonamides is 1. The molecule has 0 bridgehead atoms. The number of hydrogen-bond acceptors (Lipinski definition) is 4. The second-order valence-electron chi connectivity index (χ2n) is 6.35. The van der Waals surface area contributed by atoms with Crippen LogP contribution in [0.1, 0.15) is 17.0 Å². The van der Waals surface area contributed by atoms with Crippen LogP contribution in [0.3, 0.4) is 0 Å². The normalized spacial score (nSPS) is 17.2. The van der Waals surface area contributed by atoms with Gasteiger partial charge in [0.1, 0.15) is 0 Å². The van der Waals surface area contributed by atoms with Gasteiger partial charge in [-0.05, 0) is 23.3 Å². The van der Waals surface area contributed by atoms with Crippen LogP contribution in [0.2, 0.25) is 5.02 Å². The van der Waals surface area contributed by atoms with Crippen LogP contribution in [-0.2, 0) is 17.1 Å². The van der Waals surface area contributed by atoms with Crippen LogP contribution in [0.4, 0.5) is 0 Å². The number of benzene rings is 2. The largest absolute Gasteiger partial charge is 0.339 e. The van der Waals surface area contributed by atoms with Crippen molar-refractivity contribution in [3.8, 4) is 0 Å². The molecule has 6 nitrogen and oxygen atoms in total. The highest BCUT2D eigenvalue weighted by Crippen LogP contribution is 2.32. The molecular weight excluding hydrogens is 384 g/mol. The third-order valence-electron chi connectivity index (χ3n) is 4.43. The number of rotatable bonds is 4. The maximum atomic E-state index is 13.0. The topological polar surface area (TPSA) is 67.6 Å². The lowest BCUT2D eigenvalue weighted by Crippen LogP contribution is -2.26. The minimum Gasteiger partial charge on any atom is -0.339 e. The molecule has 0 saturated heterocycles. The van der Waals surface area contributed by atoms with Gasteiger partial charge in [-0.3, -0.25) is 0 Å². The number of nitrogens with zero attached hydrogens (tertiary/aromatic N) is 4. The summed E-state index contributed by atoms with van der Waals surface area (Å²) in [5.74, 6) is -0.218. The summed E-state index contributed by atoms with van der Waals surface area (Å²) in [6.45, 7) is 0.198. The molecule has 1 aromatic heterocycles. The van der Waals surface area contributed by atoms with Gasteiger partial charge < -0.3 is 4.57 Å². The van der Waals surface area contributed by atoms with Gasteiger partial charge in [0, 0.05) is 24.2 Å². The van der Waals surface area contributed by atoms with Gasteiger partial charge in [0.15, 0.2) is 5.03 Å². The molecule has 0 radical (unpaired) electrons. The molecule has 0 N–H and O–H groups in total. The quantitative estimate of drug-likeness (QED) is 0.675. The van der Waals surface area contributed by atoms with Gasteiger partial charge in [-0.1, -0.05) is 54.1 Å². The van der Waals surface area contributed by atoms with E-state index in [1.165, 1.54) is 12.5 Å². The fourth-order valence-corrected chi connectivity index (χ4v) is 4.54. The highest BCUT2D eigenvalue weighted by molar-refractivity contribution is 7.89.